The third kappa shape index (κ3) is 3.67. The fourth-order valence-corrected chi connectivity index (χ4v) is 2.22. The van der Waals surface area contributed by atoms with Gasteiger partial charge in [-0.1, -0.05) is 6.07 Å². The summed E-state index contributed by atoms with van der Waals surface area (Å²) >= 11 is 0. The zero-order valence-electron chi connectivity index (χ0n) is 11.4. The van der Waals surface area contributed by atoms with Crippen molar-refractivity contribution in [2.45, 2.75) is 32.4 Å². The Kier molecular flexibility index (Phi) is 4.74. The van der Waals surface area contributed by atoms with Crippen molar-refractivity contribution in [1.29, 1.82) is 0 Å². The molecule has 1 N–H and O–H groups in total. The third-order valence-electron chi connectivity index (χ3n) is 3.42. The van der Waals surface area contributed by atoms with E-state index in [2.05, 4.69) is 10.3 Å². The molecule has 0 radical (unpaired) electrons. The van der Waals surface area contributed by atoms with Crippen LogP contribution < -0.4 is 10.1 Å². The number of amides is 1. The Morgan fingerprint density at radius 1 is 1.58 bits per heavy atom. The predicted octanol–water partition coefficient (Wildman–Crippen LogP) is 1.52. The van der Waals surface area contributed by atoms with Gasteiger partial charge in [-0.2, -0.15) is 0 Å². The second kappa shape index (κ2) is 6.52. The van der Waals surface area contributed by atoms with Gasteiger partial charge < -0.3 is 14.8 Å². The van der Waals surface area contributed by atoms with Crippen LogP contribution in [-0.4, -0.2) is 30.7 Å². The van der Waals surface area contributed by atoms with Crippen molar-refractivity contribution in [3.8, 4) is 5.88 Å². The lowest BCUT2D eigenvalue weighted by molar-refractivity contribution is -0.133. The molecule has 0 unspecified atom stereocenters. The zero-order chi connectivity index (χ0) is 13.7. The fourth-order valence-electron chi connectivity index (χ4n) is 2.22. The molecule has 1 aromatic rings. The fraction of sp³-hybridized carbons (Fsp3) is 0.571. The van der Waals surface area contributed by atoms with Crippen LogP contribution in [0, 0.1) is 5.92 Å². The van der Waals surface area contributed by atoms with Crippen LogP contribution in [-0.2, 0) is 16.1 Å². The number of nitrogens with zero attached hydrogens (tertiary/aromatic N) is 1. The average Bonchev–Trinajstić information content (AvgIpc) is 2.46. The van der Waals surface area contributed by atoms with Gasteiger partial charge in [-0.15, -0.1) is 0 Å². The van der Waals surface area contributed by atoms with Crippen LogP contribution in [0.15, 0.2) is 18.3 Å². The number of methoxy groups -OCH3 is 1. The molecule has 104 valence electrons. The molecule has 2 atom stereocenters. The van der Waals surface area contributed by atoms with Crippen molar-refractivity contribution < 1.29 is 14.3 Å². The van der Waals surface area contributed by atoms with Gasteiger partial charge in [-0.3, -0.25) is 4.79 Å². The molecule has 1 aromatic heterocycles. The standard InChI is InChI=1S/C14H20N2O3/c1-10-12(4-3-7-19-10)14(17)16-9-11-5-6-13(18-2)15-8-11/h5-6,8,10,12H,3-4,7,9H2,1-2H3,(H,16,17)/t10-,12-/m0/s1. The Labute approximate surface area is 113 Å². The number of rotatable bonds is 4. The van der Waals surface area contributed by atoms with Gasteiger partial charge in [0.05, 0.1) is 19.1 Å². The van der Waals surface area contributed by atoms with Gasteiger partial charge in [0.1, 0.15) is 0 Å². The molecular formula is C14H20N2O3. The summed E-state index contributed by atoms with van der Waals surface area (Å²) in [6.45, 7) is 3.20. The van der Waals surface area contributed by atoms with E-state index in [0.717, 1.165) is 25.0 Å². The number of nitrogens with one attached hydrogen (secondary N) is 1. The molecule has 19 heavy (non-hydrogen) atoms. The van der Waals surface area contributed by atoms with Gasteiger partial charge in [0, 0.05) is 25.4 Å². The molecular weight excluding hydrogens is 244 g/mol. The number of carbonyl (C=O) groups excluding carboxylic acids is 1. The molecule has 1 amide bonds. The first-order chi connectivity index (χ1) is 9.20. The summed E-state index contributed by atoms with van der Waals surface area (Å²) in [6, 6.07) is 3.68. The van der Waals surface area contributed by atoms with E-state index < -0.39 is 0 Å². The van der Waals surface area contributed by atoms with Crippen LogP contribution >= 0.6 is 0 Å². The third-order valence-corrected chi connectivity index (χ3v) is 3.42. The number of hydrogen-bond acceptors (Lipinski definition) is 4. The summed E-state index contributed by atoms with van der Waals surface area (Å²) in [4.78, 5) is 16.2. The van der Waals surface area contributed by atoms with Crippen LogP contribution in [0.4, 0.5) is 0 Å². The van der Waals surface area contributed by atoms with Crippen molar-refractivity contribution in [2.24, 2.45) is 5.92 Å². The molecule has 0 bridgehead atoms. The number of pyridine rings is 1. The first-order valence-electron chi connectivity index (χ1n) is 6.59. The maximum Gasteiger partial charge on any atom is 0.225 e. The molecule has 0 saturated carbocycles. The van der Waals surface area contributed by atoms with Crippen molar-refractivity contribution in [3.63, 3.8) is 0 Å². The quantitative estimate of drug-likeness (QED) is 0.895. The minimum Gasteiger partial charge on any atom is -0.481 e. The minimum absolute atomic E-state index is 0.00254. The Bertz CT molecular complexity index is 419. The highest BCUT2D eigenvalue weighted by Gasteiger charge is 2.28. The van der Waals surface area contributed by atoms with Gasteiger partial charge in [0.2, 0.25) is 11.8 Å². The second-order valence-corrected chi connectivity index (χ2v) is 4.75. The summed E-state index contributed by atoms with van der Waals surface area (Å²) in [7, 11) is 1.58. The van der Waals surface area contributed by atoms with Crippen LogP contribution in [0.25, 0.3) is 0 Å². The lowest BCUT2D eigenvalue weighted by Crippen LogP contribution is -2.39. The van der Waals surface area contributed by atoms with Crippen LogP contribution in [0.3, 0.4) is 0 Å². The van der Waals surface area contributed by atoms with Gasteiger partial charge in [0.25, 0.3) is 0 Å². The number of carbonyl (C=O) groups is 1. The van der Waals surface area contributed by atoms with Crippen molar-refractivity contribution >= 4 is 5.91 Å². The molecule has 0 aliphatic carbocycles. The number of hydrogen-bond donors (Lipinski definition) is 1. The van der Waals surface area contributed by atoms with E-state index in [-0.39, 0.29) is 17.9 Å². The van der Waals surface area contributed by atoms with Gasteiger partial charge in [-0.25, -0.2) is 4.98 Å². The molecule has 2 heterocycles. The normalized spacial score (nSPS) is 22.8. The van der Waals surface area contributed by atoms with Crippen molar-refractivity contribution in [3.05, 3.63) is 23.9 Å². The average molecular weight is 264 g/mol. The summed E-state index contributed by atoms with van der Waals surface area (Å²) in [6.07, 6.45) is 3.56. The molecule has 1 fully saturated rings. The molecule has 0 spiro atoms. The smallest absolute Gasteiger partial charge is 0.225 e. The lowest BCUT2D eigenvalue weighted by Gasteiger charge is -2.28. The minimum atomic E-state index is -0.0417. The highest BCUT2D eigenvalue weighted by molar-refractivity contribution is 5.79. The monoisotopic (exact) mass is 264 g/mol. The molecule has 5 heteroatoms. The SMILES string of the molecule is COc1ccc(CNC(=O)[C@H]2CCCO[C@H]2C)cn1. The highest BCUT2D eigenvalue weighted by Crippen LogP contribution is 2.20. The summed E-state index contributed by atoms with van der Waals surface area (Å²) < 4.78 is 10.5. The molecule has 5 nitrogen and oxygen atoms in total. The van der Waals surface area contributed by atoms with Gasteiger partial charge in [-0.05, 0) is 25.3 Å². The second-order valence-electron chi connectivity index (χ2n) is 4.75. The van der Waals surface area contributed by atoms with Crippen LogP contribution in [0.5, 0.6) is 5.88 Å². The Morgan fingerprint density at radius 2 is 2.42 bits per heavy atom. The van der Waals surface area contributed by atoms with Crippen molar-refractivity contribution in [2.75, 3.05) is 13.7 Å². The van der Waals surface area contributed by atoms with E-state index >= 15 is 0 Å². The first-order valence-corrected chi connectivity index (χ1v) is 6.59. The van der Waals surface area contributed by atoms with E-state index in [0.29, 0.717) is 12.4 Å². The molecule has 0 aromatic carbocycles. The Morgan fingerprint density at radius 3 is 3.05 bits per heavy atom. The van der Waals surface area contributed by atoms with Crippen LogP contribution in [0.2, 0.25) is 0 Å². The largest absolute Gasteiger partial charge is 0.481 e. The van der Waals surface area contributed by atoms with Gasteiger partial charge >= 0.3 is 0 Å². The highest BCUT2D eigenvalue weighted by atomic mass is 16.5. The van der Waals surface area contributed by atoms with E-state index in [1.807, 2.05) is 13.0 Å². The number of aromatic nitrogens is 1. The summed E-state index contributed by atoms with van der Waals surface area (Å²) in [5.74, 6) is 0.590. The lowest BCUT2D eigenvalue weighted by atomic mass is 9.94. The zero-order valence-corrected chi connectivity index (χ0v) is 11.4. The number of ether oxygens (including phenoxy) is 2. The van der Waals surface area contributed by atoms with E-state index in [1.54, 1.807) is 19.4 Å². The predicted molar refractivity (Wildman–Crippen MR) is 70.8 cm³/mol. The molecule has 1 aliphatic rings. The maximum absolute atomic E-state index is 12.1. The Hall–Kier alpha value is -1.62. The van der Waals surface area contributed by atoms with Crippen LogP contribution in [0.1, 0.15) is 25.3 Å². The molecule has 1 aliphatic heterocycles. The molecule has 1 saturated heterocycles. The Balaban J connectivity index is 1.85. The topological polar surface area (TPSA) is 60.5 Å². The van der Waals surface area contributed by atoms with E-state index in [1.165, 1.54) is 0 Å². The van der Waals surface area contributed by atoms with Crippen molar-refractivity contribution in [1.82, 2.24) is 10.3 Å². The van der Waals surface area contributed by atoms with E-state index in [9.17, 15) is 4.79 Å². The summed E-state index contributed by atoms with van der Waals surface area (Å²) in [5, 5.41) is 2.94. The maximum atomic E-state index is 12.1. The summed E-state index contributed by atoms with van der Waals surface area (Å²) in [5.41, 5.74) is 0.957. The van der Waals surface area contributed by atoms with Gasteiger partial charge in [0.15, 0.2) is 0 Å². The molecule has 2 rings (SSSR count). The van der Waals surface area contributed by atoms with E-state index in [4.69, 9.17) is 9.47 Å². The first kappa shape index (κ1) is 13.8.